The minimum absolute atomic E-state index is 0.0901. The van der Waals surface area contributed by atoms with Crippen LogP contribution >= 0.6 is 0 Å². The van der Waals surface area contributed by atoms with Crippen LogP contribution in [0.5, 0.6) is 0 Å². The maximum Gasteiger partial charge on any atom is 0.240 e. The fraction of sp³-hybridized carbons (Fsp3) is 0.900. The van der Waals surface area contributed by atoms with Gasteiger partial charge in [0.1, 0.15) is 0 Å². The lowest BCUT2D eigenvalue weighted by molar-refractivity contribution is -0.121. The van der Waals surface area contributed by atoms with Crippen LogP contribution in [0.3, 0.4) is 0 Å². The summed E-state index contributed by atoms with van der Waals surface area (Å²) in [5, 5.41) is 4.20. The average molecular weight is 321 g/mol. The van der Waals surface area contributed by atoms with Crippen LogP contribution in [0.1, 0.15) is 96.8 Å². The molecule has 2 rings (SSSR count). The number of hydrogen-bond acceptors (Lipinski definition) is 2. The molecule has 2 saturated carbocycles. The zero-order chi connectivity index (χ0) is 16.3. The van der Waals surface area contributed by atoms with Gasteiger partial charge in [-0.2, -0.15) is 5.10 Å². The first kappa shape index (κ1) is 18.5. The molecule has 0 saturated heterocycles. The van der Waals surface area contributed by atoms with Gasteiger partial charge in [0.25, 0.3) is 0 Å². The van der Waals surface area contributed by atoms with Crippen LogP contribution in [-0.4, -0.2) is 12.1 Å². The summed E-state index contributed by atoms with van der Waals surface area (Å²) in [7, 11) is 0. The van der Waals surface area contributed by atoms with Crippen LogP contribution in [-0.2, 0) is 4.79 Å². The van der Waals surface area contributed by atoms with Gasteiger partial charge in [0, 0.05) is 12.6 Å². The first-order valence-electron chi connectivity index (χ1n) is 10.1. The summed E-state index contributed by atoms with van der Waals surface area (Å²) in [4.78, 5) is 11.8. The Bertz CT molecular complexity index is 367. The molecule has 2 fully saturated rings. The minimum Gasteiger partial charge on any atom is -0.273 e. The topological polar surface area (TPSA) is 41.5 Å². The molecule has 2 bridgehead atoms. The van der Waals surface area contributed by atoms with Crippen molar-refractivity contribution in [1.82, 2.24) is 5.43 Å². The normalized spacial score (nSPS) is 26.2. The lowest BCUT2D eigenvalue weighted by Crippen LogP contribution is -2.19. The van der Waals surface area contributed by atoms with E-state index in [4.69, 9.17) is 0 Å². The number of carbonyl (C=O) groups excluding carboxylic acids is 1. The van der Waals surface area contributed by atoms with Crippen molar-refractivity contribution >= 4 is 12.1 Å². The van der Waals surface area contributed by atoms with Crippen molar-refractivity contribution < 1.29 is 4.79 Å². The van der Waals surface area contributed by atoms with Crippen LogP contribution in [0, 0.1) is 17.8 Å². The zero-order valence-electron chi connectivity index (χ0n) is 15.1. The van der Waals surface area contributed by atoms with Crippen LogP contribution < -0.4 is 5.43 Å². The lowest BCUT2D eigenvalue weighted by atomic mass is 9.90. The number of hydrazone groups is 1. The Balaban J connectivity index is 1.40. The number of fused-ring (bicyclic) bond motifs is 2. The van der Waals surface area contributed by atoms with E-state index in [0.29, 0.717) is 12.3 Å². The van der Waals surface area contributed by atoms with Crippen molar-refractivity contribution in [2.75, 3.05) is 0 Å². The third-order valence-corrected chi connectivity index (χ3v) is 5.76. The number of nitrogens with zero attached hydrogens (tertiary/aromatic N) is 1. The van der Waals surface area contributed by atoms with Crippen LogP contribution in [0.25, 0.3) is 0 Å². The van der Waals surface area contributed by atoms with Crippen molar-refractivity contribution in [3.05, 3.63) is 0 Å². The summed E-state index contributed by atoms with van der Waals surface area (Å²) in [6, 6.07) is 0. The SMILES string of the molecule is CCCCCCCCCCCC(=O)NN=CC1CC2CCC1C2. The number of unbranched alkanes of at least 4 members (excludes halogenated alkanes) is 8. The second-order valence-corrected chi connectivity index (χ2v) is 7.73. The molecule has 0 aromatic rings. The molecule has 1 N–H and O–H groups in total. The maximum absolute atomic E-state index is 11.8. The predicted octanol–water partition coefficient (Wildman–Crippen LogP) is 5.45. The molecule has 3 nitrogen and oxygen atoms in total. The van der Waals surface area contributed by atoms with E-state index in [0.717, 1.165) is 18.3 Å². The summed E-state index contributed by atoms with van der Waals surface area (Å²) in [5.74, 6) is 2.50. The quantitative estimate of drug-likeness (QED) is 0.290. The Hall–Kier alpha value is -0.860. The molecule has 3 unspecified atom stereocenters. The number of rotatable bonds is 12. The summed E-state index contributed by atoms with van der Waals surface area (Å²) >= 11 is 0. The monoisotopic (exact) mass is 320 g/mol. The van der Waals surface area contributed by atoms with Gasteiger partial charge in [-0.1, -0.05) is 64.7 Å². The van der Waals surface area contributed by atoms with Crippen LogP contribution in [0.15, 0.2) is 5.10 Å². The Kier molecular flexibility index (Phi) is 8.70. The highest BCUT2D eigenvalue weighted by atomic mass is 16.2. The molecular weight excluding hydrogens is 284 g/mol. The molecule has 23 heavy (non-hydrogen) atoms. The molecule has 0 aromatic heterocycles. The predicted molar refractivity (Wildman–Crippen MR) is 97.4 cm³/mol. The minimum atomic E-state index is 0.0901. The van der Waals surface area contributed by atoms with E-state index in [2.05, 4.69) is 17.5 Å². The van der Waals surface area contributed by atoms with Gasteiger partial charge in [0.2, 0.25) is 5.91 Å². The summed E-state index contributed by atoms with van der Waals surface area (Å²) in [6.45, 7) is 2.26. The smallest absolute Gasteiger partial charge is 0.240 e. The molecule has 3 heteroatoms. The Morgan fingerprint density at radius 2 is 1.70 bits per heavy atom. The molecule has 0 aliphatic heterocycles. The summed E-state index contributed by atoms with van der Waals surface area (Å²) < 4.78 is 0. The van der Waals surface area contributed by atoms with Gasteiger partial charge in [0.05, 0.1) is 0 Å². The van der Waals surface area contributed by atoms with Gasteiger partial charge < -0.3 is 0 Å². The molecular formula is C20H36N2O. The van der Waals surface area contributed by atoms with E-state index in [9.17, 15) is 4.79 Å². The first-order valence-corrected chi connectivity index (χ1v) is 10.1. The van der Waals surface area contributed by atoms with Crippen LogP contribution in [0.2, 0.25) is 0 Å². The summed E-state index contributed by atoms with van der Waals surface area (Å²) in [6.07, 6.45) is 19.7. The van der Waals surface area contributed by atoms with Gasteiger partial charge in [0.15, 0.2) is 0 Å². The van der Waals surface area contributed by atoms with Crippen molar-refractivity contribution in [2.45, 2.75) is 96.8 Å². The molecule has 2 aliphatic rings. The van der Waals surface area contributed by atoms with Crippen molar-refractivity contribution in [1.29, 1.82) is 0 Å². The molecule has 2 aliphatic carbocycles. The summed E-state index contributed by atoms with van der Waals surface area (Å²) in [5.41, 5.74) is 2.72. The van der Waals surface area contributed by atoms with Crippen molar-refractivity contribution in [3.63, 3.8) is 0 Å². The van der Waals surface area contributed by atoms with Gasteiger partial charge in [-0.25, -0.2) is 5.43 Å². The molecule has 3 atom stereocenters. The van der Waals surface area contributed by atoms with Crippen LogP contribution in [0.4, 0.5) is 0 Å². The van der Waals surface area contributed by atoms with E-state index < -0.39 is 0 Å². The molecule has 132 valence electrons. The standard InChI is InChI=1S/C20H36N2O/c1-2-3-4-5-6-7-8-9-10-11-20(23)22-21-16-19-15-17-12-13-18(19)14-17/h16-19H,2-15H2,1H3,(H,22,23). The van der Waals surface area contributed by atoms with E-state index in [1.54, 1.807) is 0 Å². The van der Waals surface area contributed by atoms with E-state index in [1.807, 2.05) is 6.21 Å². The second-order valence-electron chi connectivity index (χ2n) is 7.73. The van der Waals surface area contributed by atoms with Gasteiger partial charge in [-0.05, 0) is 43.4 Å². The lowest BCUT2D eigenvalue weighted by Gasteiger charge is -2.16. The van der Waals surface area contributed by atoms with E-state index in [1.165, 1.54) is 77.0 Å². The zero-order valence-corrected chi connectivity index (χ0v) is 15.1. The fourth-order valence-electron chi connectivity index (χ4n) is 4.33. The molecule has 0 heterocycles. The largest absolute Gasteiger partial charge is 0.273 e. The van der Waals surface area contributed by atoms with Gasteiger partial charge in [-0.15, -0.1) is 0 Å². The highest BCUT2D eigenvalue weighted by Gasteiger charge is 2.38. The Labute approximate surface area is 142 Å². The first-order chi connectivity index (χ1) is 11.3. The molecule has 0 radical (unpaired) electrons. The number of carbonyl (C=O) groups is 1. The van der Waals surface area contributed by atoms with Crippen molar-refractivity contribution in [2.24, 2.45) is 22.9 Å². The fourth-order valence-corrected chi connectivity index (χ4v) is 4.33. The van der Waals surface area contributed by atoms with Gasteiger partial charge in [-0.3, -0.25) is 4.79 Å². The number of nitrogens with one attached hydrogen (secondary N) is 1. The third-order valence-electron chi connectivity index (χ3n) is 5.76. The molecule has 0 spiro atoms. The maximum atomic E-state index is 11.8. The third kappa shape index (κ3) is 7.05. The average Bonchev–Trinajstić information content (AvgIpc) is 3.16. The highest BCUT2D eigenvalue weighted by molar-refractivity contribution is 5.76. The Morgan fingerprint density at radius 1 is 1.00 bits per heavy atom. The molecule has 1 amide bonds. The molecule has 0 aromatic carbocycles. The van der Waals surface area contributed by atoms with E-state index >= 15 is 0 Å². The number of amides is 1. The second kappa shape index (κ2) is 10.8. The van der Waals surface area contributed by atoms with Crippen molar-refractivity contribution in [3.8, 4) is 0 Å². The highest BCUT2D eigenvalue weighted by Crippen LogP contribution is 2.47. The Morgan fingerprint density at radius 3 is 2.30 bits per heavy atom. The number of hydrogen-bond donors (Lipinski definition) is 1. The van der Waals surface area contributed by atoms with E-state index in [-0.39, 0.29) is 5.91 Å². The van der Waals surface area contributed by atoms with Gasteiger partial charge >= 0.3 is 0 Å².